The Bertz CT molecular complexity index is 475. The lowest BCUT2D eigenvalue weighted by molar-refractivity contribution is -0.145. The van der Waals surface area contributed by atoms with Gasteiger partial charge in [0, 0.05) is 6.54 Å². The van der Waals surface area contributed by atoms with E-state index in [1.165, 1.54) is 12.0 Å². The number of likely N-dealkylation sites (tertiary alicyclic amines) is 1. The lowest BCUT2D eigenvalue weighted by Crippen LogP contribution is -2.41. The van der Waals surface area contributed by atoms with Crippen molar-refractivity contribution in [2.45, 2.75) is 18.9 Å². The summed E-state index contributed by atoms with van der Waals surface area (Å²) in [6.45, 7) is 0.559. The lowest BCUT2D eigenvalue weighted by atomic mass is 10.1. The van der Waals surface area contributed by atoms with E-state index in [1.54, 1.807) is 24.3 Å². The number of benzene rings is 1. The van der Waals surface area contributed by atoms with E-state index >= 15 is 0 Å². The standard InChI is InChI=1S/C13H14ClNO3/c1-18-13(17)11-7-4-8-15(11)12(16)9-5-2-3-6-10(9)14/h2-3,5-6,11H,4,7-8H2,1H3. The van der Waals surface area contributed by atoms with Gasteiger partial charge in [0.1, 0.15) is 6.04 Å². The predicted molar refractivity (Wildman–Crippen MR) is 67.5 cm³/mol. The van der Waals surface area contributed by atoms with E-state index in [0.717, 1.165) is 6.42 Å². The van der Waals surface area contributed by atoms with Crippen LogP contribution in [0.1, 0.15) is 23.2 Å². The van der Waals surface area contributed by atoms with Crippen LogP contribution in [0.2, 0.25) is 5.02 Å². The van der Waals surface area contributed by atoms with Gasteiger partial charge in [-0.05, 0) is 25.0 Å². The van der Waals surface area contributed by atoms with E-state index < -0.39 is 6.04 Å². The quantitative estimate of drug-likeness (QED) is 0.771. The third-order valence-electron chi connectivity index (χ3n) is 3.09. The zero-order valence-corrected chi connectivity index (χ0v) is 10.8. The Morgan fingerprint density at radius 1 is 1.39 bits per heavy atom. The Morgan fingerprint density at radius 3 is 2.78 bits per heavy atom. The highest BCUT2D eigenvalue weighted by molar-refractivity contribution is 6.33. The van der Waals surface area contributed by atoms with Gasteiger partial charge >= 0.3 is 5.97 Å². The molecule has 18 heavy (non-hydrogen) atoms. The van der Waals surface area contributed by atoms with Gasteiger partial charge in [-0.1, -0.05) is 23.7 Å². The second kappa shape index (κ2) is 5.40. The number of esters is 1. The van der Waals surface area contributed by atoms with Gasteiger partial charge in [0.25, 0.3) is 5.91 Å². The van der Waals surface area contributed by atoms with E-state index in [1.807, 2.05) is 0 Å². The summed E-state index contributed by atoms with van der Waals surface area (Å²) in [5, 5.41) is 0.401. The predicted octanol–water partition coefficient (Wildman–Crippen LogP) is 2.12. The molecule has 1 atom stereocenters. The van der Waals surface area contributed by atoms with Crippen molar-refractivity contribution in [2.75, 3.05) is 13.7 Å². The van der Waals surface area contributed by atoms with Gasteiger partial charge < -0.3 is 9.64 Å². The first-order valence-corrected chi connectivity index (χ1v) is 6.16. The van der Waals surface area contributed by atoms with Gasteiger partial charge in [-0.25, -0.2) is 4.79 Å². The molecule has 1 aliphatic rings. The monoisotopic (exact) mass is 267 g/mol. The first-order chi connectivity index (χ1) is 8.65. The molecule has 0 spiro atoms. The molecule has 1 aliphatic heterocycles. The molecule has 4 nitrogen and oxygen atoms in total. The van der Waals surface area contributed by atoms with Gasteiger partial charge in [-0.2, -0.15) is 0 Å². The van der Waals surface area contributed by atoms with Crippen LogP contribution in [0.15, 0.2) is 24.3 Å². The number of amides is 1. The van der Waals surface area contributed by atoms with Gasteiger partial charge in [-0.15, -0.1) is 0 Å². The SMILES string of the molecule is COC(=O)C1CCCN1C(=O)c1ccccc1Cl. The number of rotatable bonds is 2. The number of hydrogen-bond acceptors (Lipinski definition) is 3. The molecule has 1 fully saturated rings. The third-order valence-corrected chi connectivity index (χ3v) is 3.42. The number of carbonyl (C=O) groups is 2. The molecule has 96 valence electrons. The van der Waals surface area contributed by atoms with E-state index in [0.29, 0.717) is 23.6 Å². The zero-order chi connectivity index (χ0) is 13.1. The number of ether oxygens (including phenoxy) is 1. The van der Waals surface area contributed by atoms with Crippen LogP contribution < -0.4 is 0 Å². The molecule has 0 aromatic heterocycles. The summed E-state index contributed by atoms with van der Waals surface area (Å²) in [7, 11) is 1.33. The zero-order valence-electron chi connectivity index (χ0n) is 10.1. The molecule has 0 bridgehead atoms. The molecule has 0 saturated carbocycles. The third kappa shape index (κ3) is 2.34. The Morgan fingerprint density at radius 2 is 2.11 bits per heavy atom. The first kappa shape index (κ1) is 12.9. The van der Waals surface area contributed by atoms with E-state index in [4.69, 9.17) is 16.3 Å². The summed E-state index contributed by atoms with van der Waals surface area (Å²) in [5.41, 5.74) is 0.426. The molecular formula is C13H14ClNO3. The van der Waals surface area contributed by atoms with Gasteiger partial charge in [-0.3, -0.25) is 4.79 Å². The molecule has 0 N–H and O–H groups in total. The van der Waals surface area contributed by atoms with Crippen LogP contribution in [-0.4, -0.2) is 36.5 Å². The van der Waals surface area contributed by atoms with Crippen molar-refractivity contribution >= 4 is 23.5 Å². The largest absolute Gasteiger partial charge is 0.467 e. The van der Waals surface area contributed by atoms with Crippen molar-refractivity contribution in [1.82, 2.24) is 4.90 Å². The van der Waals surface area contributed by atoms with Crippen molar-refractivity contribution < 1.29 is 14.3 Å². The van der Waals surface area contributed by atoms with Gasteiger partial charge in [0.15, 0.2) is 0 Å². The van der Waals surface area contributed by atoms with Crippen molar-refractivity contribution in [3.8, 4) is 0 Å². The van der Waals surface area contributed by atoms with E-state index in [-0.39, 0.29) is 11.9 Å². The summed E-state index contributed by atoms with van der Waals surface area (Å²) in [6, 6.07) is 6.36. The maximum absolute atomic E-state index is 12.3. The second-order valence-corrected chi connectivity index (χ2v) is 4.57. The number of halogens is 1. The molecule has 2 rings (SSSR count). The smallest absolute Gasteiger partial charge is 0.328 e. The van der Waals surface area contributed by atoms with E-state index in [9.17, 15) is 9.59 Å². The van der Waals surface area contributed by atoms with Gasteiger partial charge in [0.05, 0.1) is 17.7 Å². The Kier molecular flexibility index (Phi) is 3.87. The van der Waals surface area contributed by atoms with Crippen LogP contribution in [-0.2, 0) is 9.53 Å². The van der Waals surface area contributed by atoms with Crippen LogP contribution in [0.3, 0.4) is 0 Å². The average molecular weight is 268 g/mol. The van der Waals surface area contributed by atoms with Crippen molar-refractivity contribution in [1.29, 1.82) is 0 Å². The molecule has 1 amide bonds. The fraction of sp³-hybridized carbons (Fsp3) is 0.385. The van der Waals surface area contributed by atoms with Crippen LogP contribution in [0.4, 0.5) is 0 Å². The van der Waals surface area contributed by atoms with Crippen molar-refractivity contribution in [3.63, 3.8) is 0 Å². The molecule has 5 heteroatoms. The lowest BCUT2D eigenvalue weighted by Gasteiger charge is -2.23. The molecule has 1 aromatic carbocycles. The fourth-order valence-electron chi connectivity index (χ4n) is 2.18. The number of nitrogens with zero attached hydrogens (tertiary/aromatic N) is 1. The summed E-state index contributed by atoms with van der Waals surface area (Å²) in [6.07, 6.45) is 1.44. The first-order valence-electron chi connectivity index (χ1n) is 5.78. The summed E-state index contributed by atoms with van der Waals surface area (Å²) in [5.74, 6) is -0.582. The second-order valence-electron chi connectivity index (χ2n) is 4.16. The van der Waals surface area contributed by atoms with Crippen molar-refractivity contribution in [3.05, 3.63) is 34.9 Å². The van der Waals surface area contributed by atoms with Crippen LogP contribution in [0, 0.1) is 0 Å². The average Bonchev–Trinajstić information content (AvgIpc) is 2.86. The normalized spacial score (nSPS) is 18.8. The van der Waals surface area contributed by atoms with Crippen LogP contribution in [0.5, 0.6) is 0 Å². The molecule has 1 unspecified atom stereocenters. The minimum atomic E-state index is -0.487. The Labute approximate surface area is 110 Å². The maximum Gasteiger partial charge on any atom is 0.328 e. The Balaban J connectivity index is 2.23. The summed E-state index contributed by atoms with van der Waals surface area (Å²) >= 11 is 6.00. The highest BCUT2D eigenvalue weighted by Crippen LogP contribution is 2.24. The minimum Gasteiger partial charge on any atom is -0.467 e. The molecule has 0 radical (unpaired) electrons. The number of carbonyl (C=O) groups excluding carboxylic acids is 2. The highest BCUT2D eigenvalue weighted by Gasteiger charge is 2.35. The number of methoxy groups -OCH3 is 1. The van der Waals surface area contributed by atoms with Crippen molar-refractivity contribution in [2.24, 2.45) is 0 Å². The van der Waals surface area contributed by atoms with Crippen LogP contribution >= 0.6 is 11.6 Å². The topological polar surface area (TPSA) is 46.6 Å². The van der Waals surface area contributed by atoms with E-state index in [2.05, 4.69) is 0 Å². The molecule has 1 saturated heterocycles. The highest BCUT2D eigenvalue weighted by atomic mass is 35.5. The Hall–Kier alpha value is -1.55. The molecule has 0 aliphatic carbocycles. The summed E-state index contributed by atoms with van der Waals surface area (Å²) in [4.78, 5) is 25.5. The van der Waals surface area contributed by atoms with Crippen LogP contribution in [0.25, 0.3) is 0 Å². The fourth-order valence-corrected chi connectivity index (χ4v) is 2.40. The number of hydrogen-bond donors (Lipinski definition) is 0. The summed E-state index contributed by atoms with van der Waals surface area (Å²) < 4.78 is 4.71. The molecular weight excluding hydrogens is 254 g/mol. The minimum absolute atomic E-state index is 0.214. The molecule has 1 heterocycles. The molecule has 1 aromatic rings. The van der Waals surface area contributed by atoms with Gasteiger partial charge in [0.2, 0.25) is 0 Å². The maximum atomic E-state index is 12.3.